The van der Waals surface area contributed by atoms with Crippen molar-refractivity contribution >= 4 is 29.2 Å². The van der Waals surface area contributed by atoms with Crippen LogP contribution >= 0.6 is 0 Å². The third kappa shape index (κ3) is 7.46. The second-order valence-electron chi connectivity index (χ2n) is 7.64. The van der Waals surface area contributed by atoms with Gasteiger partial charge in [0.15, 0.2) is 0 Å². The molecular weight excluding hydrogens is 405 g/mol. The Kier molecular flexibility index (Phi) is 8.74. The van der Waals surface area contributed by atoms with E-state index in [4.69, 9.17) is 0 Å². The van der Waals surface area contributed by atoms with E-state index in [1.165, 1.54) is 12.1 Å². The van der Waals surface area contributed by atoms with Crippen LogP contribution in [0.15, 0.2) is 54.6 Å². The molecule has 1 aromatic heterocycles. The summed E-state index contributed by atoms with van der Waals surface area (Å²) in [6.45, 7) is 9.72. The molecule has 0 radical (unpaired) electrons. The van der Waals surface area contributed by atoms with Crippen molar-refractivity contribution in [1.82, 2.24) is 19.9 Å². The Morgan fingerprint density at radius 1 is 0.812 bits per heavy atom. The number of anilines is 5. The fourth-order valence-corrected chi connectivity index (χ4v) is 3.32. The predicted octanol–water partition coefficient (Wildman–Crippen LogP) is 5.42. The molecule has 0 bridgehead atoms. The Morgan fingerprint density at radius 3 is 1.97 bits per heavy atom. The number of hydrogen-bond acceptors (Lipinski definition) is 7. The van der Waals surface area contributed by atoms with E-state index in [2.05, 4.69) is 56.6 Å². The van der Waals surface area contributed by atoms with Gasteiger partial charge in [-0.3, -0.25) is 0 Å². The molecule has 1 atom stereocenters. The van der Waals surface area contributed by atoms with Gasteiger partial charge in [0, 0.05) is 17.4 Å². The van der Waals surface area contributed by atoms with E-state index in [-0.39, 0.29) is 11.9 Å². The SMILES string of the molecule is CCN(CC)CCCC(C)Nc1nc(Nc2ccccc2)nc(Nc2ccc(F)cc2)n1. The number of aromatic nitrogens is 3. The van der Waals surface area contributed by atoms with E-state index in [0.29, 0.717) is 23.5 Å². The zero-order chi connectivity index (χ0) is 22.8. The van der Waals surface area contributed by atoms with Gasteiger partial charge in [-0.15, -0.1) is 0 Å². The summed E-state index contributed by atoms with van der Waals surface area (Å²) in [7, 11) is 0. The zero-order valence-electron chi connectivity index (χ0n) is 19.0. The van der Waals surface area contributed by atoms with Crippen molar-refractivity contribution in [1.29, 1.82) is 0 Å². The summed E-state index contributed by atoms with van der Waals surface area (Å²) in [6.07, 6.45) is 2.10. The molecule has 0 aliphatic carbocycles. The summed E-state index contributed by atoms with van der Waals surface area (Å²) in [5.74, 6) is 0.994. The van der Waals surface area contributed by atoms with Gasteiger partial charge in [-0.2, -0.15) is 15.0 Å². The second kappa shape index (κ2) is 12.0. The first kappa shape index (κ1) is 23.4. The van der Waals surface area contributed by atoms with Crippen molar-refractivity contribution < 1.29 is 4.39 Å². The lowest BCUT2D eigenvalue weighted by Gasteiger charge is -2.20. The van der Waals surface area contributed by atoms with Crippen LogP contribution in [0.2, 0.25) is 0 Å². The van der Waals surface area contributed by atoms with Crippen LogP contribution in [0, 0.1) is 5.82 Å². The number of rotatable bonds is 12. The van der Waals surface area contributed by atoms with Gasteiger partial charge in [0.25, 0.3) is 0 Å². The lowest BCUT2D eigenvalue weighted by molar-refractivity contribution is 0.295. The molecule has 0 spiro atoms. The quantitative estimate of drug-likeness (QED) is 0.349. The molecular formula is C24H32FN7. The van der Waals surface area contributed by atoms with Crippen LogP contribution in [0.25, 0.3) is 0 Å². The maximum absolute atomic E-state index is 13.2. The first-order chi connectivity index (χ1) is 15.6. The lowest BCUT2D eigenvalue weighted by Crippen LogP contribution is -2.26. The van der Waals surface area contributed by atoms with Gasteiger partial charge in [0.05, 0.1) is 0 Å². The average Bonchev–Trinajstić information content (AvgIpc) is 2.79. The van der Waals surface area contributed by atoms with Crippen molar-refractivity contribution in [2.75, 3.05) is 35.6 Å². The number of para-hydroxylation sites is 1. The fourth-order valence-electron chi connectivity index (χ4n) is 3.32. The molecule has 0 fully saturated rings. The first-order valence-electron chi connectivity index (χ1n) is 11.1. The van der Waals surface area contributed by atoms with Crippen LogP contribution in [0.1, 0.15) is 33.6 Å². The van der Waals surface area contributed by atoms with Gasteiger partial charge < -0.3 is 20.9 Å². The summed E-state index contributed by atoms with van der Waals surface area (Å²) < 4.78 is 13.2. The van der Waals surface area contributed by atoms with Crippen molar-refractivity contribution in [3.05, 3.63) is 60.4 Å². The molecule has 3 N–H and O–H groups in total. The second-order valence-corrected chi connectivity index (χ2v) is 7.64. The molecule has 0 saturated heterocycles. The van der Waals surface area contributed by atoms with Crippen LogP contribution in [0.4, 0.5) is 33.6 Å². The summed E-state index contributed by atoms with van der Waals surface area (Å²) in [6, 6.07) is 16.0. The molecule has 2 aromatic carbocycles. The van der Waals surface area contributed by atoms with Crippen molar-refractivity contribution in [3.8, 4) is 0 Å². The van der Waals surface area contributed by atoms with Gasteiger partial charge in [0.2, 0.25) is 17.8 Å². The van der Waals surface area contributed by atoms with E-state index >= 15 is 0 Å². The minimum absolute atomic E-state index is 0.205. The lowest BCUT2D eigenvalue weighted by atomic mass is 10.2. The molecule has 7 nitrogen and oxygen atoms in total. The Labute approximate surface area is 189 Å². The van der Waals surface area contributed by atoms with E-state index in [1.54, 1.807) is 12.1 Å². The Morgan fingerprint density at radius 2 is 1.38 bits per heavy atom. The smallest absolute Gasteiger partial charge is 0.233 e. The van der Waals surface area contributed by atoms with E-state index in [1.807, 2.05) is 30.3 Å². The van der Waals surface area contributed by atoms with Crippen molar-refractivity contribution in [2.45, 2.75) is 39.7 Å². The highest BCUT2D eigenvalue weighted by molar-refractivity contribution is 5.59. The predicted molar refractivity (Wildman–Crippen MR) is 129 cm³/mol. The zero-order valence-corrected chi connectivity index (χ0v) is 19.0. The first-order valence-corrected chi connectivity index (χ1v) is 11.1. The topological polar surface area (TPSA) is 78.0 Å². The van der Waals surface area contributed by atoms with Crippen LogP contribution in [-0.2, 0) is 0 Å². The highest BCUT2D eigenvalue weighted by atomic mass is 19.1. The Hall–Kier alpha value is -3.26. The molecule has 0 aliphatic rings. The normalized spacial score (nSPS) is 11.9. The average molecular weight is 438 g/mol. The summed E-state index contributed by atoms with van der Waals surface area (Å²) in [4.78, 5) is 16.0. The van der Waals surface area contributed by atoms with E-state index in [0.717, 1.165) is 38.2 Å². The van der Waals surface area contributed by atoms with E-state index in [9.17, 15) is 4.39 Å². The molecule has 3 aromatic rings. The van der Waals surface area contributed by atoms with Crippen LogP contribution < -0.4 is 16.0 Å². The third-order valence-corrected chi connectivity index (χ3v) is 5.15. The number of nitrogens with zero attached hydrogens (tertiary/aromatic N) is 4. The third-order valence-electron chi connectivity index (χ3n) is 5.15. The summed E-state index contributed by atoms with van der Waals surface area (Å²) >= 11 is 0. The van der Waals surface area contributed by atoms with E-state index < -0.39 is 0 Å². The number of hydrogen-bond donors (Lipinski definition) is 3. The minimum atomic E-state index is -0.293. The molecule has 1 heterocycles. The van der Waals surface area contributed by atoms with Gasteiger partial charge >= 0.3 is 0 Å². The highest BCUT2D eigenvalue weighted by Gasteiger charge is 2.11. The maximum Gasteiger partial charge on any atom is 0.233 e. The summed E-state index contributed by atoms with van der Waals surface area (Å²) in [5.41, 5.74) is 1.58. The largest absolute Gasteiger partial charge is 0.352 e. The highest BCUT2D eigenvalue weighted by Crippen LogP contribution is 2.19. The molecule has 0 amide bonds. The Balaban J connectivity index is 1.72. The van der Waals surface area contributed by atoms with Gasteiger partial charge in [0.1, 0.15) is 5.82 Å². The molecule has 1 unspecified atom stereocenters. The van der Waals surface area contributed by atoms with Gasteiger partial charge in [-0.25, -0.2) is 4.39 Å². The minimum Gasteiger partial charge on any atom is -0.352 e. The van der Waals surface area contributed by atoms with Gasteiger partial charge in [-0.05, 0) is 75.8 Å². The van der Waals surface area contributed by atoms with Crippen LogP contribution in [0.5, 0.6) is 0 Å². The standard InChI is InChI=1S/C24H32FN7/c1-4-32(5-2)17-9-10-18(3)26-22-29-23(27-20-11-7-6-8-12-20)31-24(30-22)28-21-15-13-19(25)14-16-21/h6-8,11-16,18H,4-5,9-10,17H2,1-3H3,(H3,26,27,28,29,30,31). The summed E-state index contributed by atoms with van der Waals surface area (Å²) in [5, 5.41) is 9.74. The Bertz CT molecular complexity index is 946. The van der Waals surface area contributed by atoms with Crippen molar-refractivity contribution in [2.24, 2.45) is 0 Å². The molecule has 0 aliphatic heterocycles. The van der Waals surface area contributed by atoms with Crippen LogP contribution in [0.3, 0.4) is 0 Å². The van der Waals surface area contributed by atoms with Gasteiger partial charge in [-0.1, -0.05) is 32.0 Å². The fraction of sp³-hybridized carbons (Fsp3) is 0.375. The van der Waals surface area contributed by atoms with Crippen molar-refractivity contribution in [3.63, 3.8) is 0 Å². The molecule has 32 heavy (non-hydrogen) atoms. The maximum atomic E-state index is 13.2. The monoisotopic (exact) mass is 437 g/mol. The molecule has 3 rings (SSSR count). The molecule has 8 heteroatoms. The number of nitrogens with one attached hydrogen (secondary N) is 3. The number of benzene rings is 2. The molecule has 0 saturated carbocycles. The number of halogens is 1. The van der Waals surface area contributed by atoms with Crippen LogP contribution in [-0.4, -0.2) is 45.5 Å². The molecule has 170 valence electrons.